The summed E-state index contributed by atoms with van der Waals surface area (Å²) in [6.07, 6.45) is 3.70. The average Bonchev–Trinajstić information content (AvgIpc) is 3.46. The molecule has 1 amide bonds. The van der Waals surface area contributed by atoms with Crippen molar-refractivity contribution in [3.63, 3.8) is 0 Å². The number of nitrogens with one attached hydrogen (secondary N) is 1. The van der Waals surface area contributed by atoms with Gasteiger partial charge in [0, 0.05) is 11.8 Å². The monoisotopic (exact) mass is 434 g/mol. The Hall–Kier alpha value is -4.45. The third-order valence-electron chi connectivity index (χ3n) is 5.36. The van der Waals surface area contributed by atoms with Crippen molar-refractivity contribution in [1.82, 2.24) is 15.2 Å². The van der Waals surface area contributed by atoms with Crippen LogP contribution in [0, 0.1) is 6.92 Å². The van der Waals surface area contributed by atoms with Gasteiger partial charge in [-0.15, -0.1) is 0 Å². The lowest BCUT2D eigenvalue weighted by atomic mass is 10.0. The zero-order chi connectivity index (χ0) is 22.6. The van der Waals surface area contributed by atoms with Gasteiger partial charge in [-0.05, 0) is 47.5 Å². The first kappa shape index (κ1) is 20.5. The van der Waals surface area contributed by atoms with E-state index in [2.05, 4.69) is 15.6 Å². The van der Waals surface area contributed by atoms with Gasteiger partial charge in [-0.25, -0.2) is 10.1 Å². The predicted molar refractivity (Wildman–Crippen MR) is 129 cm³/mol. The summed E-state index contributed by atoms with van der Waals surface area (Å²) in [6, 6.07) is 27.6. The van der Waals surface area contributed by atoms with Crippen LogP contribution in [-0.2, 0) is 11.2 Å². The lowest BCUT2D eigenvalue weighted by Gasteiger charge is -2.05. The lowest BCUT2D eigenvalue weighted by Crippen LogP contribution is -2.19. The van der Waals surface area contributed by atoms with E-state index in [0.29, 0.717) is 11.5 Å². The summed E-state index contributed by atoms with van der Waals surface area (Å²) in [4.78, 5) is 12.6. The summed E-state index contributed by atoms with van der Waals surface area (Å²) in [5.74, 6) is 1.25. The molecule has 33 heavy (non-hydrogen) atoms. The maximum atomic E-state index is 12.6. The standard InChI is InChI=1S/C27H22N4O2/c1-19-14-15-25(33-19)27-22(18-31(30-27)23-11-3-2-4-12-23)17-28-29-26(32)16-21-10-7-9-20-8-5-6-13-24(20)21/h2-15,17-18H,16H2,1H3,(H,29,32)/b28-17-. The zero-order valence-electron chi connectivity index (χ0n) is 18.1. The number of aryl methyl sites for hydroxylation is 1. The molecule has 2 heterocycles. The molecule has 0 radical (unpaired) electrons. The van der Waals surface area contributed by atoms with Gasteiger partial charge in [0.25, 0.3) is 0 Å². The molecule has 5 rings (SSSR count). The maximum absolute atomic E-state index is 12.6. The molecule has 0 aliphatic rings. The van der Waals surface area contributed by atoms with Crippen LogP contribution in [0.25, 0.3) is 27.9 Å². The van der Waals surface area contributed by atoms with Crippen molar-refractivity contribution in [3.05, 3.63) is 108 Å². The average molecular weight is 434 g/mol. The molecule has 2 aromatic heterocycles. The number of hydrazone groups is 1. The molecule has 6 heteroatoms. The Kier molecular flexibility index (Phi) is 5.55. The maximum Gasteiger partial charge on any atom is 0.244 e. The van der Waals surface area contributed by atoms with Crippen LogP contribution in [0.4, 0.5) is 0 Å². The van der Waals surface area contributed by atoms with Crippen molar-refractivity contribution in [2.24, 2.45) is 5.10 Å². The van der Waals surface area contributed by atoms with Crippen molar-refractivity contribution in [2.75, 3.05) is 0 Å². The fourth-order valence-electron chi connectivity index (χ4n) is 3.78. The minimum atomic E-state index is -0.187. The first-order chi connectivity index (χ1) is 16.2. The summed E-state index contributed by atoms with van der Waals surface area (Å²) in [5, 5.41) is 11.1. The van der Waals surface area contributed by atoms with Crippen LogP contribution in [0.2, 0.25) is 0 Å². The van der Waals surface area contributed by atoms with Crippen LogP contribution in [0.5, 0.6) is 0 Å². The fourth-order valence-corrected chi connectivity index (χ4v) is 3.78. The zero-order valence-corrected chi connectivity index (χ0v) is 18.1. The number of rotatable bonds is 6. The normalized spacial score (nSPS) is 11.3. The van der Waals surface area contributed by atoms with Gasteiger partial charge < -0.3 is 4.42 Å². The molecule has 0 fully saturated rings. The molecule has 3 aromatic carbocycles. The molecule has 0 unspecified atom stereocenters. The number of furan rings is 1. The Morgan fingerprint density at radius 3 is 2.61 bits per heavy atom. The number of hydrogen-bond acceptors (Lipinski definition) is 4. The lowest BCUT2D eigenvalue weighted by molar-refractivity contribution is -0.120. The number of aromatic nitrogens is 2. The Balaban J connectivity index is 1.37. The first-order valence-electron chi connectivity index (χ1n) is 10.7. The summed E-state index contributed by atoms with van der Waals surface area (Å²) >= 11 is 0. The van der Waals surface area contributed by atoms with Crippen LogP contribution < -0.4 is 5.43 Å². The number of carbonyl (C=O) groups excluding carboxylic acids is 1. The number of nitrogens with zero attached hydrogens (tertiary/aromatic N) is 3. The van der Waals surface area contributed by atoms with Gasteiger partial charge in [0.1, 0.15) is 11.5 Å². The molecule has 0 aliphatic heterocycles. The van der Waals surface area contributed by atoms with Crippen LogP contribution in [0.15, 0.2) is 101 Å². The molecule has 0 aliphatic carbocycles. The molecule has 0 saturated heterocycles. The van der Waals surface area contributed by atoms with Crippen LogP contribution >= 0.6 is 0 Å². The SMILES string of the molecule is Cc1ccc(-c2nn(-c3ccccc3)cc2/C=N\NC(=O)Cc2cccc3ccccc23)o1. The Morgan fingerprint density at radius 2 is 1.79 bits per heavy atom. The second-order valence-electron chi connectivity index (χ2n) is 7.73. The van der Waals surface area contributed by atoms with Crippen LogP contribution in [-0.4, -0.2) is 21.9 Å². The quantitative estimate of drug-likeness (QED) is 0.292. The van der Waals surface area contributed by atoms with Crippen LogP contribution in [0.3, 0.4) is 0 Å². The highest BCUT2D eigenvalue weighted by Crippen LogP contribution is 2.25. The summed E-state index contributed by atoms with van der Waals surface area (Å²) < 4.78 is 7.55. The molecule has 0 saturated carbocycles. The van der Waals surface area contributed by atoms with E-state index in [4.69, 9.17) is 4.42 Å². The van der Waals surface area contributed by atoms with Crippen molar-refractivity contribution in [3.8, 4) is 17.1 Å². The third-order valence-corrected chi connectivity index (χ3v) is 5.36. The predicted octanol–water partition coefficient (Wildman–Crippen LogP) is 5.29. The van der Waals surface area contributed by atoms with E-state index in [1.54, 1.807) is 10.9 Å². The third kappa shape index (κ3) is 4.45. The van der Waals surface area contributed by atoms with E-state index < -0.39 is 0 Å². The number of hydrogen-bond donors (Lipinski definition) is 1. The minimum Gasteiger partial charge on any atom is -0.460 e. The molecule has 0 spiro atoms. The summed E-state index contributed by atoms with van der Waals surface area (Å²) in [7, 11) is 0. The number of carbonyl (C=O) groups is 1. The van der Waals surface area contributed by atoms with Gasteiger partial charge in [0.2, 0.25) is 5.91 Å². The second-order valence-corrected chi connectivity index (χ2v) is 7.73. The van der Waals surface area contributed by atoms with Crippen molar-refractivity contribution in [2.45, 2.75) is 13.3 Å². The number of para-hydroxylation sites is 1. The highest BCUT2D eigenvalue weighted by Gasteiger charge is 2.14. The molecule has 6 nitrogen and oxygen atoms in total. The second kappa shape index (κ2) is 8.96. The van der Waals surface area contributed by atoms with Crippen molar-refractivity contribution in [1.29, 1.82) is 0 Å². The van der Waals surface area contributed by atoms with Gasteiger partial charge in [0.05, 0.1) is 18.3 Å². The van der Waals surface area contributed by atoms with Gasteiger partial charge in [-0.3, -0.25) is 4.79 Å². The molecular weight excluding hydrogens is 412 g/mol. The van der Waals surface area contributed by atoms with Crippen molar-refractivity contribution < 1.29 is 9.21 Å². The van der Waals surface area contributed by atoms with Crippen molar-refractivity contribution >= 4 is 22.9 Å². The Bertz CT molecular complexity index is 1440. The van der Waals surface area contributed by atoms with Gasteiger partial charge in [-0.2, -0.15) is 10.2 Å². The van der Waals surface area contributed by atoms with E-state index in [9.17, 15) is 4.79 Å². The number of fused-ring (bicyclic) bond motifs is 1. The Labute approximate surface area is 191 Å². The van der Waals surface area contributed by atoms with Gasteiger partial charge in [0.15, 0.2) is 5.76 Å². The fraction of sp³-hybridized carbons (Fsp3) is 0.0741. The largest absolute Gasteiger partial charge is 0.460 e. The van der Waals surface area contributed by atoms with Gasteiger partial charge in [-0.1, -0.05) is 60.7 Å². The number of amides is 1. The smallest absolute Gasteiger partial charge is 0.244 e. The Morgan fingerprint density at radius 1 is 1.00 bits per heavy atom. The summed E-state index contributed by atoms with van der Waals surface area (Å²) in [5.41, 5.74) is 5.91. The molecule has 5 aromatic rings. The van der Waals surface area contributed by atoms with E-state index >= 15 is 0 Å². The molecule has 0 atom stereocenters. The van der Waals surface area contributed by atoms with E-state index in [-0.39, 0.29) is 12.3 Å². The highest BCUT2D eigenvalue weighted by molar-refractivity contribution is 5.91. The number of benzene rings is 3. The first-order valence-corrected chi connectivity index (χ1v) is 10.7. The molecule has 0 bridgehead atoms. The molecular formula is C27H22N4O2. The molecule has 162 valence electrons. The van der Waals surface area contributed by atoms with E-state index in [0.717, 1.165) is 33.3 Å². The minimum absolute atomic E-state index is 0.187. The molecule has 1 N–H and O–H groups in total. The van der Waals surface area contributed by atoms with Gasteiger partial charge >= 0.3 is 0 Å². The summed E-state index contributed by atoms with van der Waals surface area (Å²) in [6.45, 7) is 1.89. The van der Waals surface area contributed by atoms with Crippen LogP contribution in [0.1, 0.15) is 16.9 Å². The van der Waals surface area contributed by atoms with E-state index in [1.165, 1.54) is 0 Å². The highest BCUT2D eigenvalue weighted by atomic mass is 16.3. The van der Waals surface area contributed by atoms with E-state index in [1.807, 2.05) is 98.0 Å². The topological polar surface area (TPSA) is 72.4 Å².